The average Bonchev–Trinajstić information content (AvgIpc) is 3.48. The molecule has 0 aromatic rings. The van der Waals surface area contributed by atoms with Gasteiger partial charge in [0, 0.05) is 329 Å². The Hall–Kier alpha value is -14.3. The van der Waals surface area contributed by atoms with E-state index in [0.717, 1.165) is 0 Å². The first kappa shape index (κ1) is 70.8. The van der Waals surface area contributed by atoms with Crippen molar-refractivity contribution in [2.45, 2.75) is 0 Å². The van der Waals surface area contributed by atoms with Crippen LogP contribution < -0.4 is 51.4 Å². The Bertz CT molecular complexity index is 2730. The summed E-state index contributed by atoms with van der Waals surface area (Å²) in [6.07, 6.45) is 0. The van der Waals surface area contributed by atoms with Crippen molar-refractivity contribution in [3.8, 4) is 0 Å². The Morgan fingerprint density at radius 3 is 0.229 bits per heavy atom. The van der Waals surface area contributed by atoms with Gasteiger partial charge in [-0.1, -0.05) is 5.22 Å². The molecular formula is HKN81P. The largest absolute Gasteiger partial charge is 1.00 e. The molecule has 412 valence electrons. The van der Waals surface area contributed by atoms with Crippen LogP contribution in [0.5, 0.6) is 0 Å². The van der Waals surface area contributed by atoms with Gasteiger partial charge in [0.25, 0.3) is 0 Å². The van der Waals surface area contributed by atoms with Crippen LogP contribution in [0.4, 0.5) is 0 Å². The molecule has 0 radical (unpaired) electrons. The number of nitrogens with one attached hydrogen (secondary N) is 1. The second-order valence-electron chi connectivity index (χ2n) is 7.17. The molecule has 0 heterocycles. The van der Waals surface area contributed by atoms with E-state index in [4.69, 9.17) is 5.53 Å². The maximum absolute atomic E-state index is 6.27. The van der Waals surface area contributed by atoms with E-state index in [0.29, 0.717) is 0 Å². The van der Waals surface area contributed by atoms with E-state index in [-0.39, 0.29) is 51.4 Å². The van der Waals surface area contributed by atoms with Crippen molar-refractivity contribution < 1.29 is 51.4 Å². The summed E-state index contributed by atoms with van der Waals surface area (Å²) < 4.78 is 0. The van der Waals surface area contributed by atoms with Gasteiger partial charge in [0.2, 0.25) is 0 Å². The zero-order chi connectivity index (χ0) is 58.6. The third-order valence-electron chi connectivity index (χ3n) is 3.16. The van der Waals surface area contributed by atoms with Crippen LogP contribution in [0.1, 0.15) is 0 Å². The van der Waals surface area contributed by atoms with E-state index in [2.05, 4.69) is 427 Å². The van der Waals surface area contributed by atoms with E-state index in [1.165, 1.54) is 0 Å². The molecule has 0 fully saturated rings. The third kappa shape index (κ3) is 69.8. The van der Waals surface area contributed by atoms with Gasteiger partial charge in [-0.2, -0.15) is 5.53 Å². The number of rotatable bonds is 40. The molecule has 0 rings (SSSR count). The van der Waals surface area contributed by atoms with Crippen LogP contribution in [-0.2, 0) is 0 Å². The number of hydrogen-bond donors (Lipinski definition) is 1. The summed E-state index contributed by atoms with van der Waals surface area (Å²) in [4.78, 5) is 2.94. The fraction of sp³-hybridized carbons (Fsp3) is 0. The molecule has 0 spiro atoms. The second kappa shape index (κ2) is 69.8. The van der Waals surface area contributed by atoms with Gasteiger partial charge in [0.05, 0.1) is 0 Å². The topological polar surface area (TPSA) is 1010 Å². The first-order valence-corrected chi connectivity index (χ1v) is 16.6. The summed E-state index contributed by atoms with van der Waals surface area (Å²) in [6.45, 7) is 0. The standard InChI is InChI=1S/K.HN81P/c;1-2-3-4-5-6-7-8-9-10-11-12-13-14-15-16-17-18-19-20-21-22-23-24-25-26-27-28-29-30-31-32-33-34-35-36-37-38-39-40-41-42-43-44-45-46-47-48-49-50-51-52-53-54-55-56-57-58-59-60-61-62-63-64-65-66-67-68-69-70-71-72-73-74-75-76-77-78-79-80-81-82/h;1H/q+1;-1/b;2-1?,4-3+,6-5+,8-7+,10-9+,12-11+,14-13+,16-15+,18-17+,20-19+,22-21+,24-23+,26-25+,28-27+,30-29+,32-31+,34-33+,36-35+,38-37+,40-39+,42-41+,44-43+,46-45+,48-47+,50-49+,52-51+,54-53+,56-55+,58-57+,60-59+,62-61+,64-63+,66-65+,68-67+,70-69+,72-71+,74-73+,76-75+,78-77+,80-79+. The molecule has 0 aromatic carbocycles. The zero-order valence-corrected chi connectivity index (χ0v) is 41.7. The van der Waals surface area contributed by atoms with Gasteiger partial charge in [0.1, 0.15) is 0 Å². The molecule has 0 aromatic heterocycles. The summed E-state index contributed by atoms with van der Waals surface area (Å²) in [5.74, 6) is 0. The fourth-order valence-corrected chi connectivity index (χ4v) is 1.43. The van der Waals surface area contributed by atoms with Gasteiger partial charge < -0.3 is 13.9 Å². The van der Waals surface area contributed by atoms with E-state index < -0.39 is 0 Å². The van der Waals surface area contributed by atoms with Crippen molar-refractivity contribution in [3.63, 3.8) is 0 Å². The van der Waals surface area contributed by atoms with Gasteiger partial charge >= 0.3 is 51.4 Å². The molecule has 0 amide bonds. The predicted octanol–water partition coefficient (Wildman–Crippen LogP) is 12.9. The van der Waals surface area contributed by atoms with Crippen LogP contribution in [0.15, 0.2) is 417 Å². The van der Waals surface area contributed by atoms with Crippen LogP contribution in [0.25, 0.3) is 0 Å². The average molecular weight is 1210 g/mol. The molecule has 0 saturated carbocycles. The van der Waals surface area contributed by atoms with E-state index >= 15 is 0 Å². The van der Waals surface area contributed by atoms with Crippen molar-refractivity contribution in [3.05, 3.63) is 0 Å². The molecule has 0 atom stereocenters. The minimum Gasteiger partial charge on any atom is -0.575 e. The number of hydrogen-bond acceptors (Lipinski definition) is 1. The molecule has 83 heavy (non-hydrogen) atoms. The minimum absolute atomic E-state index is 0. The van der Waals surface area contributed by atoms with E-state index in [1.54, 1.807) is 0 Å². The maximum Gasteiger partial charge on any atom is 1.00 e. The molecule has 0 aliphatic heterocycles. The van der Waals surface area contributed by atoms with E-state index in [1.807, 2.05) is 0 Å². The van der Waals surface area contributed by atoms with Crippen LogP contribution in [-0.4, -0.2) is 0 Å². The second-order valence-corrected chi connectivity index (χ2v) is 7.34. The molecule has 0 saturated heterocycles. The SMILES string of the molecule is N=N/N=N/N=N/N=N/N=N/N=N/N=N/N=N/N=N/N=N/N=N/N=N/N=N/N=N/N=N/N=N/N=N/N=N/N=N/N=N/N=N/N=N/N=N/N=N/N=N/N=N/N=N/N=N/N=N/N=N/N=N/N=N/N=N/N=N/N=N/N=N/N=N/N=N/N=N/N=N/N=[P-].[K+]. The first-order valence-electron chi connectivity index (χ1n) is 16.2. The van der Waals surface area contributed by atoms with Crippen molar-refractivity contribution in [2.75, 3.05) is 0 Å². The molecule has 0 unspecified atom stereocenters. The van der Waals surface area contributed by atoms with Crippen molar-refractivity contribution >= 4 is 9.03 Å². The van der Waals surface area contributed by atoms with Crippen LogP contribution >= 0.6 is 9.03 Å². The van der Waals surface area contributed by atoms with Gasteiger partial charge in [-0.15, -0.1) is 0 Å². The van der Waals surface area contributed by atoms with Crippen molar-refractivity contribution in [1.82, 2.24) is 0 Å². The Balaban J connectivity index is 0. The van der Waals surface area contributed by atoms with Gasteiger partial charge in [-0.3, -0.25) is 0 Å². The Morgan fingerprint density at radius 2 is 0.169 bits per heavy atom. The molecule has 81 nitrogen and oxygen atoms in total. The zero-order valence-electron chi connectivity index (χ0n) is 37.7. The summed E-state index contributed by atoms with van der Waals surface area (Å²) in [7, 11) is 3.36. The molecule has 0 aliphatic rings. The Labute approximate surface area is 481 Å². The summed E-state index contributed by atoms with van der Waals surface area (Å²) >= 11 is 0. The van der Waals surface area contributed by atoms with Gasteiger partial charge in [-0.05, 0) is 78.3 Å². The minimum atomic E-state index is 0. The van der Waals surface area contributed by atoms with Crippen molar-refractivity contribution in [2.24, 2.45) is 417 Å². The Morgan fingerprint density at radius 1 is 0.108 bits per heavy atom. The third-order valence-corrected chi connectivity index (χ3v) is 3.24. The Kier molecular flexibility index (Phi) is 59.6. The molecule has 1 N–H and O–H groups in total. The smallest absolute Gasteiger partial charge is 0.575 e. The quantitative estimate of drug-likeness (QED) is 0.0259. The fourth-order valence-electron chi connectivity index (χ4n) is 1.40. The van der Waals surface area contributed by atoms with Gasteiger partial charge in [0.15, 0.2) is 0 Å². The number of nitrogens with zero attached hydrogens (tertiary/aromatic N) is 80. The molecule has 0 bridgehead atoms. The van der Waals surface area contributed by atoms with Crippen LogP contribution in [0.3, 0.4) is 0 Å². The maximum atomic E-state index is 6.27. The van der Waals surface area contributed by atoms with Crippen molar-refractivity contribution in [1.29, 1.82) is 5.53 Å². The van der Waals surface area contributed by atoms with Gasteiger partial charge in [-0.25, -0.2) is 0 Å². The first-order chi connectivity index (χ1) is 40.9. The van der Waals surface area contributed by atoms with Crippen LogP contribution in [0.2, 0.25) is 0 Å². The monoisotopic (exact) mass is 1210 g/mol. The predicted molar refractivity (Wildman–Crippen MR) is 204 cm³/mol. The molecule has 83 heteroatoms. The molecular weight excluding hydrogens is 1200 g/mol. The summed E-state index contributed by atoms with van der Waals surface area (Å²) in [5.41, 5.74) is 6.27. The van der Waals surface area contributed by atoms with Crippen LogP contribution in [0, 0.1) is 5.53 Å². The normalized spacial score (nSPS) is 15.3. The molecule has 0 aliphatic carbocycles. The summed E-state index contributed by atoms with van der Waals surface area (Å²) in [6, 6.07) is 0. The summed E-state index contributed by atoms with van der Waals surface area (Å²) in [5, 5.41) is 236. The van der Waals surface area contributed by atoms with E-state index in [9.17, 15) is 0 Å².